The summed E-state index contributed by atoms with van der Waals surface area (Å²) in [5, 5.41) is 14.1. The third kappa shape index (κ3) is 5.06. The molecular formula is C18H19F5N2O3. The molecule has 1 aromatic carbocycles. The summed E-state index contributed by atoms with van der Waals surface area (Å²) in [6, 6.07) is -1.40. The standard InChI is InChI=1S/C18H19F5N2O3/c19-13-10(14(20)16(22)17(23)15(13)21)6-7-12(27)25-11(8-26)18(28)24-9-4-2-1-3-5-9/h6-7,9,11,26H,1-5,8H2,(H,24,28)(H,25,27). The van der Waals surface area contributed by atoms with Crippen molar-refractivity contribution < 1.29 is 36.6 Å². The van der Waals surface area contributed by atoms with Gasteiger partial charge in [-0.15, -0.1) is 0 Å². The number of hydrogen-bond donors (Lipinski definition) is 3. The number of nitrogens with one attached hydrogen (secondary N) is 2. The van der Waals surface area contributed by atoms with E-state index >= 15 is 0 Å². The predicted octanol–water partition coefficient (Wildman–Crippen LogP) is 2.32. The first-order chi connectivity index (χ1) is 13.3. The van der Waals surface area contributed by atoms with Gasteiger partial charge < -0.3 is 15.7 Å². The molecule has 1 aliphatic rings. The quantitative estimate of drug-likeness (QED) is 0.294. The number of carbonyl (C=O) groups excluding carboxylic acids is 2. The van der Waals surface area contributed by atoms with Gasteiger partial charge in [-0.1, -0.05) is 19.3 Å². The van der Waals surface area contributed by atoms with Gasteiger partial charge in [0.2, 0.25) is 17.6 Å². The Balaban J connectivity index is 2.04. The molecule has 1 fully saturated rings. The lowest BCUT2D eigenvalue weighted by Gasteiger charge is -2.25. The molecule has 3 N–H and O–H groups in total. The Bertz CT molecular complexity index is 750. The van der Waals surface area contributed by atoms with E-state index in [4.69, 9.17) is 0 Å². The fourth-order valence-corrected chi connectivity index (χ4v) is 2.89. The molecule has 1 saturated carbocycles. The number of halogens is 5. The monoisotopic (exact) mass is 406 g/mol. The molecule has 0 bridgehead atoms. The van der Waals surface area contributed by atoms with Gasteiger partial charge in [-0.05, 0) is 18.9 Å². The zero-order valence-electron chi connectivity index (χ0n) is 14.7. The summed E-state index contributed by atoms with van der Waals surface area (Å²) in [6.45, 7) is -0.735. The number of rotatable bonds is 6. The predicted molar refractivity (Wildman–Crippen MR) is 89.3 cm³/mol. The average molecular weight is 406 g/mol. The zero-order chi connectivity index (χ0) is 20.8. The summed E-state index contributed by atoms with van der Waals surface area (Å²) in [5.41, 5.74) is -1.29. The van der Waals surface area contributed by atoms with Crippen molar-refractivity contribution in [3.63, 3.8) is 0 Å². The van der Waals surface area contributed by atoms with Crippen LogP contribution in [-0.4, -0.2) is 35.6 Å². The van der Waals surface area contributed by atoms with E-state index in [0.717, 1.165) is 32.1 Å². The van der Waals surface area contributed by atoms with Gasteiger partial charge in [-0.25, -0.2) is 22.0 Å². The normalized spacial score (nSPS) is 16.2. The van der Waals surface area contributed by atoms with Crippen LogP contribution in [0.2, 0.25) is 0 Å². The number of hydrogen-bond acceptors (Lipinski definition) is 3. The Morgan fingerprint density at radius 2 is 1.50 bits per heavy atom. The molecular weight excluding hydrogens is 387 g/mol. The van der Waals surface area contributed by atoms with Crippen molar-refractivity contribution in [1.82, 2.24) is 10.6 Å². The van der Waals surface area contributed by atoms with Gasteiger partial charge in [0.25, 0.3) is 0 Å². The minimum absolute atomic E-state index is 0.0731. The lowest BCUT2D eigenvalue weighted by atomic mass is 9.95. The molecule has 0 radical (unpaired) electrons. The largest absolute Gasteiger partial charge is 0.394 e. The summed E-state index contributed by atoms with van der Waals surface area (Å²) >= 11 is 0. The first-order valence-corrected chi connectivity index (χ1v) is 8.67. The minimum atomic E-state index is -2.31. The SMILES string of the molecule is O=C(C=Cc1c(F)c(F)c(F)c(F)c1F)NC(CO)C(=O)NC1CCCCC1. The molecule has 154 valence electrons. The second kappa shape index (κ2) is 9.63. The summed E-state index contributed by atoms with van der Waals surface area (Å²) in [7, 11) is 0. The number of aliphatic hydroxyl groups excluding tert-OH is 1. The Kier molecular flexibility index (Phi) is 7.50. The molecule has 1 aromatic rings. The Labute approximate surface area is 157 Å². The molecule has 1 unspecified atom stereocenters. The summed E-state index contributed by atoms with van der Waals surface area (Å²) in [5.74, 6) is -12.5. The van der Waals surface area contributed by atoms with Crippen LogP contribution in [0.5, 0.6) is 0 Å². The molecule has 0 spiro atoms. The zero-order valence-corrected chi connectivity index (χ0v) is 14.7. The lowest BCUT2D eigenvalue weighted by molar-refractivity contribution is -0.128. The molecule has 0 aliphatic heterocycles. The molecule has 10 heteroatoms. The van der Waals surface area contributed by atoms with Gasteiger partial charge in [0.1, 0.15) is 6.04 Å². The maximum absolute atomic E-state index is 13.6. The van der Waals surface area contributed by atoms with Crippen molar-refractivity contribution in [3.05, 3.63) is 40.7 Å². The van der Waals surface area contributed by atoms with Crippen LogP contribution in [0.25, 0.3) is 6.08 Å². The highest BCUT2D eigenvalue weighted by atomic mass is 19.2. The van der Waals surface area contributed by atoms with E-state index in [-0.39, 0.29) is 6.04 Å². The van der Waals surface area contributed by atoms with Gasteiger partial charge in [-0.2, -0.15) is 0 Å². The van der Waals surface area contributed by atoms with E-state index in [1.165, 1.54) is 0 Å². The second-order valence-electron chi connectivity index (χ2n) is 6.40. The van der Waals surface area contributed by atoms with Crippen molar-refractivity contribution in [2.75, 3.05) is 6.61 Å². The topological polar surface area (TPSA) is 78.4 Å². The highest BCUT2D eigenvalue weighted by molar-refractivity contribution is 5.95. The van der Waals surface area contributed by atoms with Gasteiger partial charge in [0.15, 0.2) is 23.3 Å². The minimum Gasteiger partial charge on any atom is -0.394 e. The highest BCUT2D eigenvalue weighted by Gasteiger charge is 2.25. The van der Waals surface area contributed by atoms with Crippen molar-refractivity contribution >= 4 is 17.9 Å². The number of aliphatic hydroxyl groups is 1. The van der Waals surface area contributed by atoms with Gasteiger partial charge >= 0.3 is 0 Å². The third-order valence-corrected chi connectivity index (χ3v) is 4.41. The van der Waals surface area contributed by atoms with Crippen molar-refractivity contribution in [2.24, 2.45) is 0 Å². The van der Waals surface area contributed by atoms with Crippen LogP contribution in [0.3, 0.4) is 0 Å². The Morgan fingerprint density at radius 1 is 0.964 bits per heavy atom. The van der Waals surface area contributed by atoms with Crippen LogP contribution in [0.1, 0.15) is 37.7 Å². The average Bonchev–Trinajstić information content (AvgIpc) is 2.69. The molecule has 5 nitrogen and oxygen atoms in total. The van der Waals surface area contributed by atoms with E-state index in [9.17, 15) is 36.6 Å². The molecule has 1 atom stereocenters. The van der Waals surface area contributed by atoms with Crippen molar-refractivity contribution in [3.8, 4) is 0 Å². The van der Waals surface area contributed by atoms with Crippen LogP contribution in [0.15, 0.2) is 6.08 Å². The van der Waals surface area contributed by atoms with Gasteiger partial charge in [0.05, 0.1) is 12.2 Å². The van der Waals surface area contributed by atoms with E-state index in [1.807, 2.05) is 0 Å². The van der Waals surface area contributed by atoms with E-state index in [1.54, 1.807) is 0 Å². The number of amides is 2. The molecule has 0 aromatic heterocycles. The second-order valence-corrected chi connectivity index (χ2v) is 6.40. The molecule has 28 heavy (non-hydrogen) atoms. The molecule has 0 saturated heterocycles. The number of carbonyl (C=O) groups is 2. The van der Waals surface area contributed by atoms with Crippen molar-refractivity contribution in [2.45, 2.75) is 44.2 Å². The smallest absolute Gasteiger partial charge is 0.245 e. The Morgan fingerprint density at radius 3 is 2.04 bits per heavy atom. The fraction of sp³-hybridized carbons (Fsp3) is 0.444. The summed E-state index contributed by atoms with van der Waals surface area (Å²) in [4.78, 5) is 24.0. The lowest BCUT2D eigenvalue weighted by Crippen LogP contribution is -2.51. The molecule has 2 rings (SSSR count). The third-order valence-electron chi connectivity index (χ3n) is 4.41. The van der Waals surface area contributed by atoms with E-state index < -0.39 is 59.1 Å². The van der Waals surface area contributed by atoms with Gasteiger partial charge in [-0.3, -0.25) is 9.59 Å². The van der Waals surface area contributed by atoms with E-state index in [0.29, 0.717) is 12.2 Å². The summed E-state index contributed by atoms with van der Waals surface area (Å²) in [6.07, 6.45) is 5.43. The maximum Gasteiger partial charge on any atom is 0.245 e. The van der Waals surface area contributed by atoms with Crippen LogP contribution in [0.4, 0.5) is 22.0 Å². The number of benzene rings is 1. The Hall–Kier alpha value is -2.49. The molecule has 2 amide bonds. The van der Waals surface area contributed by atoms with Crippen LogP contribution < -0.4 is 10.6 Å². The van der Waals surface area contributed by atoms with Crippen LogP contribution in [0, 0.1) is 29.1 Å². The van der Waals surface area contributed by atoms with E-state index in [2.05, 4.69) is 10.6 Å². The first kappa shape index (κ1) is 21.8. The van der Waals surface area contributed by atoms with Crippen molar-refractivity contribution in [1.29, 1.82) is 0 Å². The maximum atomic E-state index is 13.6. The van der Waals surface area contributed by atoms with Crippen LogP contribution in [-0.2, 0) is 9.59 Å². The molecule has 1 aliphatic carbocycles. The fourth-order valence-electron chi connectivity index (χ4n) is 2.89. The van der Waals surface area contributed by atoms with Crippen LogP contribution >= 0.6 is 0 Å². The molecule has 0 heterocycles. The summed E-state index contributed by atoms with van der Waals surface area (Å²) < 4.78 is 66.4. The van der Waals surface area contributed by atoms with Gasteiger partial charge in [0, 0.05) is 12.1 Å². The first-order valence-electron chi connectivity index (χ1n) is 8.67. The highest BCUT2D eigenvalue weighted by Crippen LogP contribution is 2.24.